The molecule has 150 valence electrons. The third-order valence-electron chi connectivity index (χ3n) is 4.55. The number of sulfonamides is 1. The second-order valence-corrected chi connectivity index (χ2v) is 8.53. The first-order valence-corrected chi connectivity index (χ1v) is 10.4. The number of aromatic nitrogens is 1. The maximum Gasteiger partial charge on any atom is 0.273 e. The van der Waals surface area contributed by atoms with Gasteiger partial charge in [-0.3, -0.25) is 4.79 Å². The van der Waals surface area contributed by atoms with Crippen molar-refractivity contribution in [3.05, 3.63) is 52.1 Å². The van der Waals surface area contributed by atoms with Gasteiger partial charge in [0.15, 0.2) is 0 Å². The molecule has 8 nitrogen and oxygen atoms in total. The first-order valence-electron chi connectivity index (χ1n) is 8.51. The number of nitrogens with zero attached hydrogens (tertiary/aromatic N) is 2. The minimum atomic E-state index is -3.98. The van der Waals surface area contributed by atoms with Crippen molar-refractivity contribution in [1.82, 2.24) is 9.29 Å². The van der Waals surface area contributed by atoms with Gasteiger partial charge in [0, 0.05) is 12.2 Å². The monoisotopic (exact) mass is 436 g/mol. The standard InChI is InChI=1S/C18H14ClFN4O4S/c19-15-16(18(25)22-11-3-4-13(20)10(6-11)7-21)24-5-1-2-14(24)17(15)29(26,27)23-12-8-28-9-12/h1-4,6,12,23H,5,8-9H2,(H,22,25). The number of amides is 1. The molecule has 1 aromatic carbocycles. The molecular weight excluding hydrogens is 423 g/mol. The summed E-state index contributed by atoms with van der Waals surface area (Å²) in [6, 6.07) is 4.88. The number of ether oxygens (including phenoxy) is 1. The minimum absolute atomic E-state index is 0.0419. The number of nitrogens with one attached hydrogen (secondary N) is 2. The summed E-state index contributed by atoms with van der Waals surface area (Å²) in [5.41, 5.74) is 0.204. The molecular formula is C18H14ClFN4O4S. The van der Waals surface area contributed by atoms with E-state index in [2.05, 4.69) is 10.0 Å². The number of carbonyl (C=O) groups is 1. The van der Waals surface area contributed by atoms with Gasteiger partial charge in [-0.05, 0) is 24.3 Å². The predicted molar refractivity (Wildman–Crippen MR) is 102 cm³/mol. The van der Waals surface area contributed by atoms with Crippen LogP contribution in [0.25, 0.3) is 6.08 Å². The molecule has 2 aliphatic rings. The van der Waals surface area contributed by atoms with Crippen LogP contribution in [0.5, 0.6) is 0 Å². The van der Waals surface area contributed by atoms with Gasteiger partial charge in [0.05, 0.1) is 35.5 Å². The Bertz CT molecular complexity index is 1200. The van der Waals surface area contributed by atoms with Gasteiger partial charge in [-0.25, -0.2) is 17.5 Å². The van der Waals surface area contributed by atoms with E-state index in [1.807, 2.05) is 0 Å². The first kappa shape index (κ1) is 19.6. The van der Waals surface area contributed by atoms with Crippen LogP contribution in [0.15, 0.2) is 29.2 Å². The van der Waals surface area contributed by atoms with E-state index in [1.54, 1.807) is 18.2 Å². The molecule has 0 radical (unpaired) electrons. The van der Waals surface area contributed by atoms with Crippen molar-refractivity contribution in [1.29, 1.82) is 5.26 Å². The number of nitriles is 1. The Morgan fingerprint density at radius 2 is 2.14 bits per heavy atom. The van der Waals surface area contributed by atoms with Gasteiger partial charge in [-0.15, -0.1) is 0 Å². The van der Waals surface area contributed by atoms with Crippen molar-refractivity contribution in [2.24, 2.45) is 0 Å². The molecule has 1 fully saturated rings. The molecule has 11 heteroatoms. The smallest absolute Gasteiger partial charge is 0.273 e. The first-order chi connectivity index (χ1) is 13.8. The van der Waals surface area contributed by atoms with E-state index >= 15 is 0 Å². The zero-order valence-electron chi connectivity index (χ0n) is 14.8. The van der Waals surface area contributed by atoms with Crippen LogP contribution in [0.2, 0.25) is 5.02 Å². The molecule has 0 unspecified atom stereocenters. The summed E-state index contributed by atoms with van der Waals surface area (Å²) in [6.45, 7) is 0.802. The Balaban J connectivity index is 1.70. The summed E-state index contributed by atoms with van der Waals surface area (Å²) in [6.07, 6.45) is 3.29. The van der Waals surface area contributed by atoms with Gasteiger partial charge in [0.2, 0.25) is 10.0 Å². The highest BCUT2D eigenvalue weighted by molar-refractivity contribution is 7.89. The van der Waals surface area contributed by atoms with Crippen molar-refractivity contribution >= 4 is 39.3 Å². The predicted octanol–water partition coefficient (Wildman–Crippen LogP) is 2.11. The molecule has 29 heavy (non-hydrogen) atoms. The number of hydrogen-bond donors (Lipinski definition) is 2. The zero-order chi connectivity index (χ0) is 20.8. The van der Waals surface area contributed by atoms with E-state index in [4.69, 9.17) is 21.6 Å². The van der Waals surface area contributed by atoms with E-state index in [1.165, 1.54) is 16.7 Å². The highest BCUT2D eigenvalue weighted by Gasteiger charge is 2.35. The minimum Gasteiger partial charge on any atom is -0.378 e. The number of carbonyl (C=O) groups excluding carboxylic acids is 1. The van der Waals surface area contributed by atoms with Gasteiger partial charge in [0.1, 0.15) is 22.5 Å². The summed E-state index contributed by atoms with van der Waals surface area (Å²) >= 11 is 6.34. The van der Waals surface area contributed by atoms with Gasteiger partial charge in [-0.1, -0.05) is 17.7 Å². The van der Waals surface area contributed by atoms with Gasteiger partial charge < -0.3 is 14.6 Å². The summed E-state index contributed by atoms with van der Waals surface area (Å²) in [5.74, 6) is -1.39. The Morgan fingerprint density at radius 1 is 1.38 bits per heavy atom. The lowest BCUT2D eigenvalue weighted by molar-refractivity contribution is 0.00482. The number of benzene rings is 1. The fourth-order valence-corrected chi connectivity index (χ4v) is 5.21. The van der Waals surface area contributed by atoms with E-state index in [-0.39, 0.29) is 52.7 Å². The van der Waals surface area contributed by atoms with Crippen molar-refractivity contribution in [3.8, 4) is 6.07 Å². The van der Waals surface area contributed by atoms with Crippen LogP contribution in [-0.2, 0) is 21.3 Å². The Morgan fingerprint density at radius 3 is 2.79 bits per heavy atom. The number of allylic oxidation sites excluding steroid dienone is 1. The van der Waals surface area contributed by atoms with Crippen LogP contribution in [0.1, 0.15) is 21.7 Å². The Kier molecular flexibility index (Phi) is 4.92. The zero-order valence-corrected chi connectivity index (χ0v) is 16.3. The van der Waals surface area contributed by atoms with E-state index < -0.39 is 21.7 Å². The molecule has 3 heterocycles. The van der Waals surface area contributed by atoms with Crippen molar-refractivity contribution in [3.63, 3.8) is 0 Å². The van der Waals surface area contributed by atoms with E-state index in [9.17, 15) is 17.6 Å². The average Bonchev–Trinajstić information content (AvgIpc) is 3.19. The lowest BCUT2D eigenvalue weighted by Gasteiger charge is -2.26. The topological polar surface area (TPSA) is 113 Å². The Hall–Kier alpha value is -2.71. The maximum atomic E-state index is 13.5. The highest BCUT2D eigenvalue weighted by Crippen LogP contribution is 2.36. The lowest BCUT2D eigenvalue weighted by atomic mass is 10.2. The van der Waals surface area contributed by atoms with Crippen molar-refractivity contribution in [2.75, 3.05) is 18.5 Å². The fourth-order valence-electron chi connectivity index (χ4n) is 3.15. The largest absolute Gasteiger partial charge is 0.378 e. The molecule has 2 N–H and O–H groups in total. The van der Waals surface area contributed by atoms with Crippen molar-refractivity contribution < 1.29 is 22.3 Å². The summed E-state index contributed by atoms with van der Waals surface area (Å²) in [5, 5.41) is 11.3. The lowest BCUT2D eigenvalue weighted by Crippen LogP contribution is -2.48. The average molecular weight is 437 g/mol. The molecule has 0 aliphatic carbocycles. The normalized spacial score (nSPS) is 15.6. The molecule has 4 rings (SSSR count). The van der Waals surface area contributed by atoms with Crippen LogP contribution in [0, 0.1) is 17.1 Å². The second kappa shape index (κ2) is 7.27. The summed E-state index contributed by atoms with van der Waals surface area (Å²) in [7, 11) is -3.98. The molecule has 0 atom stereocenters. The van der Waals surface area contributed by atoms with Crippen LogP contribution >= 0.6 is 11.6 Å². The third kappa shape index (κ3) is 3.42. The molecule has 1 aromatic heterocycles. The van der Waals surface area contributed by atoms with Crippen molar-refractivity contribution in [2.45, 2.75) is 17.5 Å². The number of rotatable bonds is 5. The van der Waals surface area contributed by atoms with Crippen LogP contribution in [0.3, 0.4) is 0 Å². The van der Waals surface area contributed by atoms with Crippen LogP contribution in [0.4, 0.5) is 10.1 Å². The van der Waals surface area contributed by atoms with Crippen LogP contribution in [-0.4, -0.2) is 38.1 Å². The number of anilines is 1. The second-order valence-electron chi connectivity index (χ2n) is 6.51. The van der Waals surface area contributed by atoms with Gasteiger partial charge in [0.25, 0.3) is 5.91 Å². The summed E-state index contributed by atoms with van der Waals surface area (Å²) < 4.78 is 48.1. The molecule has 0 spiro atoms. The number of hydrogen-bond acceptors (Lipinski definition) is 5. The maximum absolute atomic E-state index is 13.5. The third-order valence-corrected chi connectivity index (χ3v) is 6.63. The molecule has 1 amide bonds. The Labute approximate surface area is 170 Å². The van der Waals surface area contributed by atoms with Gasteiger partial charge in [-0.2, -0.15) is 5.26 Å². The van der Waals surface area contributed by atoms with Crippen LogP contribution < -0.4 is 10.0 Å². The highest BCUT2D eigenvalue weighted by atomic mass is 35.5. The molecule has 2 aliphatic heterocycles. The molecule has 0 saturated carbocycles. The fraction of sp³-hybridized carbons (Fsp3) is 0.222. The number of halogens is 2. The quantitative estimate of drug-likeness (QED) is 0.745. The molecule has 0 bridgehead atoms. The van der Waals surface area contributed by atoms with Gasteiger partial charge >= 0.3 is 0 Å². The van der Waals surface area contributed by atoms with E-state index in [0.717, 1.165) is 6.07 Å². The molecule has 1 saturated heterocycles. The molecule has 2 aromatic rings. The van der Waals surface area contributed by atoms with E-state index in [0.29, 0.717) is 5.69 Å². The number of fused-ring (bicyclic) bond motifs is 1. The summed E-state index contributed by atoms with van der Waals surface area (Å²) in [4.78, 5) is 12.7. The SMILES string of the molecule is N#Cc1cc(NC(=O)c2c(Cl)c(S(=O)(=O)NC3COC3)c3n2CC=C3)ccc1F.